The zero-order chi connectivity index (χ0) is 14.9. The van der Waals surface area contributed by atoms with Crippen LogP contribution in [0.3, 0.4) is 0 Å². The molecule has 4 rings (SSSR count). The average molecular weight is 295 g/mol. The second kappa shape index (κ2) is 3.87. The van der Waals surface area contributed by atoms with Gasteiger partial charge in [-0.25, -0.2) is 4.98 Å². The fraction of sp³-hybridized carbons (Fsp3) is 0.583. The van der Waals surface area contributed by atoms with Crippen molar-refractivity contribution in [1.82, 2.24) is 19.5 Å². The number of nitrogen functional groups attached to an aromatic ring is 1. The zero-order valence-corrected chi connectivity index (χ0v) is 10.9. The second-order valence-electron chi connectivity index (χ2n) is 5.83. The van der Waals surface area contributed by atoms with Gasteiger partial charge in [0.05, 0.1) is 25.1 Å². The predicted molar refractivity (Wildman–Crippen MR) is 68.4 cm³/mol. The van der Waals surface area contributed by atoms with Crippen LogP contribution in [0.15, 0.2) is 6.33 Å². The van der Waals surface area contributed by atoms with Gasteiger partial charge in [-0.15, -0.1) is 0 Å². The van der Waals surface area contributed by atoms with E-state index in [0.717, 1.165) is 0 Å². The van der Waals surface area contributed by atoms with Gasteiger partial charge in [-0.3, -0.25) is 0 Å². The van der Waals surface area contributed by atoms with Crippen molar-refractivity contribution in [3.05, 3.63) is 12.4 Å². The minimum atomic E-state index is -1.08. The maximum absolute atomic E-state index is 13.4. The van der Waals surface area contributed by atoms with E-state index in [4.69, 9.17) is 5.73 Å². The fourth-order valence-electron chi connectivity index (χ4n) is 3.68. The summed E-state index contributed by atoms with van der Waals surface area (Å²) in [6, 6.07) is -0.522. The van der Waals surface area contributed by atoms with Crippen LogP contribution in [0.5, 0.6) is 0 Å². The molecule has 5 atom stereocenters. The van der Waals surface area contributed by atoms with Crippen LogP contribution >= 0.6 is 0 Å². The number of imidazole rings is 1. The van der Waals surface area contributed by atoms with Gasteiger partial charge in [0.15, 0.2) is 11.5 Å². The number of nitrogens with two attached hydrogens (primary N) is 1. The number of aliphatic hydroxyl groups excluding tert-OH is 3. The summed E-state index contributed by atoms with van der Waals surface area (Å²) in [4.78, 5) is 11.2. The number of hydrogen-bond acceptors (Lipinski definition) is 7. The molecule has 0 spiro atoms. The lowest BCUT2D eigenvalue weighted by Crippen LogP contribution is -2.35. The topological polar surface area (TPSA) is 130 Å². The second-order valence-corrected chi connectivity index (χ2v) is 5.83. The first-order valence-corrected chi connectivity index (χ1v) is 6.62. The van der Waals surface area contributed by atoms with E-state index in [2.05, 4.69) is 15.0 Å². The molecule has 112 valence electrons. The smallest absolute Gasteiger partial charge is 0.312 e. The number of aliphatic hydroxyl groups is 3. The van der Waals surface area contributed by atoms with Crippen molar-refractivity contribution in [3.63, 3.8) is 0 Å². The molecular formula is C12H14FN5O3. The molecule has 2 saturated carbocycles. The molecule has 0 bridgehead atoms. The summed E-state index contributed by atoms with van der Waals surface area (Å²) in [7, 11) is 0. The van der Waals surface area contributed by atoms with Gasteiger partial charge in [-0.05, 0) is 12.3 Å². The van der Waals surface area contributed by atoms with E-state index in [0.29, 0.717) is 6.42 Å². The number of aromatic nitrogens is 4. The van der Waals surface area contributed by atoms with E-state index < -0.39 is 29.7 Å². The number of rotatable bonds is 2. The number of nitrogens with zero attached hydrogens (tertiary/aromatic N) is 4. The minimum absolute atomic E-state index is 0.0755. The molecule has 0 aliphatic heterocycles. The molecule has 2 aromatic rings. The van der Waals surface area contributed by atoms with Gasteiger partial charge in [0.1, 0.15) is 11.6 Å². The van der Waals surface area contributed by atoms with Crippen molar-refractivity contribution in [2.45, 2.75) is 24.7 Å². The lowest BCUT2D eigenvalue weighted by Gasteiger charge is -2.23. The Labute approximate surface area is 118 Å². The molecule has 0 radical (unpaired) electrons. The van der Waals surface area contributed by atoms with Crippen LogP contribution in [-0.4, -0.2) is 53.7 Å². The lowest BCUT2D eigenvalue weighted by molar-refractivity contribution is -0.0300. The molecule has 1 unspecified atom stereocenters. The summed E-state index contributed by atoms with van der Waals surface area (Å²) in [6.07, 6.45) is -1.08. The third-order valence-corrected chi connectivity index (χ3v) is 4.89. The molecular weight excluding hydrogens is 281 g/mol. The Morgan fingerprint density at radius 1 is 1.43 bits per heavy atom. The highest BCUT2D eigenvalue weighted by atomic mass is 19.1. The van der Waals surface area contributed by atoms with Crippen LogP contribution in [0.25, 0.3) is 11.2 Å². The quantitative estimate of drug-likeness (QED) is 0.513. The molecule has 21 heavy (non-hydrogen) atoms. The normalized spacial score (nSPS) is 37.9. The molecule has 9 heteroatoms. The van der Waals surface area contributed by atoms with Crippen molar-refractivity contribution in [2.24, 2.45) is 11.3 Å². The molecule has 0 aromatic carbocycles. The predicted octanol–water partition coefficient (Wildman–Crippen LogP) is -1.18. The van der Waals surface area contributed by atoms with Crippen LogP contribution in [0.1, 0.15) is 12.5 Å². The Morgan fingerprint density at radius 2 is 2.19 bits per heavy atom. The van der Waals surface area contributed by atoms with Crippen molar-refractivity contribution < 1.29 is 19.7 Å². The standard InChI is InChI=1S/C12H14FN5O3/c13-11-16-9(14)5-10(17-11)18(3-15-5)6-4-1-12(4,2-19)8(21)7(6)20/h3-4,6-8,19-21H,1-2H2,(H2,14,16,17)/t4-,6-,7-,8?,12+/m1/s1. The monoisotopic (exact) mass is 295 g/mol. The summed E-state index contributed by atoms with van der Waals surface area (Å²) < 4.78 is 14.9. The van der Waals surface area contributed by atoms with E-state index in [-0.39, 0.29) is 29.5 Å². The van der Waals surface area contributed by atoms with E-state index >= 15 is 0 Å². The third-order valence-electron chi connectivity index (χ3n) is 4.89. The lowest BCUT2D eigenvalue weighted by atomic mass is 10.0. The number of halogens is 1. The van der Waals surface area contributed by atoms with E-state index in [9.17, 15) is 19.7 Å². The van der Waals surface area contributed by atoms with Gasteiger partial charge in [0.25, 0.3) is 0 Å². The van der Waals surface area contributed by atoms with Gasteiger partial charge < -0.3 is 25.6 Å². The molecule has 2 aromatic heterocycles. The Hall–Kier alpha value is -1.84. The van der Waals surface area contributed by atoms with Gasteiger partial charge in [-0.2, -0.15) is 14.4 Å². The summed E-state index contributed by atoms with van der Waals surface area (Å²) in [6.45, 7) is -0.204. The molecule has 2 fully saturated rings. The Morgan fingerprint density at radius 3 is 2.86 bits per heavy atom. The van der Waals surface area contributed by atoms with Gasteiger partial charge >= 0.3 is 6.08 Å². The molecule has 2 heterocycles. The van der Waals surface area contributed by atoms with Crippen molar-refractivity contribution in [1.29, 1.82) is 0 Å². The van der Waals surface area contributed by atoms with Gasteiger partial charge in [0, 0.05) is 5.41 Å². The van der Waals surface area contributed by atoms with Crippen molar-refractivity contribution in [3.8, 4) is 0 Å². The number of anilines is 1. The van der Waals surface area contributed by atoms with E-state index in [1.165, 1.54) is 10.9 Å². The first-order valence-electron chi connectivity index (χ1n) is 6.62. The maximum Gasteiger partial charge on any atom is 0.312 e. The van der Waals surface area contributed by atoms with Crippen LogP contribution in [0.4, 0.5) is 10.2 Å². The highest BCUT2D eigenvalue weighted by Gasteiger charge is 2.71. The Bertz CT molecular complexity index is 737. The Kier molecular flexibility index (Phi) is 2.37. The number of hydrogen-bond donors (Lipinski definition) is 4. The molecule has 2 aliphatic carbocycles. The molecule has 0 amide bonds. The molecule has 5 N–H and O–H groups in total. The highest BCUT2D eigenvalue weighted by molar-refractivity contribution is 5.81. The zero-order valence-electron chi connectivity index (χ0n) is 10.9. The van der Waals surface area contributed by atoms with Crippen LogP contribution < -0.4 is 5.73 Å². The Balaban J connectivity index is 1.85. The minimum Gasteiger partial charge on any atom is -0.396 e. The van der Waals surface area contributed by atoms with Crippen LogP contribution in [0.2, 0.25) is 0 Å². The fourth-order valence-corrected chi connectivity index (χ4v) is 3.68. The summed E-state index contributed by atoms with van der Waals surface area (Å²) in [5.41, 5.74) is 5.35. The first-order chi connectivity index (χ1) is 9.99. The van der Waals surface area contributed by atoms with Crippen molar-refractivity contribution in [2.75, 3.05) is 12.3 Å². The number of fused-ring (bicyclic) bond motifs is 2. The molecule has 8 nitrogen and oxygen atoms in total. The SMILES string of the molecule is Nc1nc(F)nc2c1ncn2[C@@H]1[C@H]2C[C@@]2(CO)C(O)[C@@H]1O. The summed E-state index contributed by atoms with van der Waals surface area (Å²) >= 11 is 0. The largest absolute Gasteiger partial charge is 0.396 e. The van der Waals surface area contributed by atoms with Gasteiger partial charge in [0.2, 0.25) is 0 Å². The van der Waals surface area contributed by atoms with Crippen LogP contribution in [-0.2, 0) is 0 Å². The summed E-state index contributed by atoms with van der Waals surface area (Å²) in [5.74, 6) is -0.183. The van der Waals surface area contributed by atoms with Gasteiger partial charge in [-0.1, -0.05) is 0 Å². The highest BCUT2D eigenvalue weighted by Crippen LogP contribution is 2.67. The van der Waals surface area contributed by atoms with E-state index in [1.807, 2.05) is 0 Å². The van der Waals surface area contributed by atoms with Crippen LogP contribution in [0, 0.1) is 17.4 Å². The van der Waals surface area contributed by atoms with E-state index in [1.54, 1.807) is 0 Å². The first kappa shape index (κ1) is 12.9. The molecule has 0 saturated heterocycles. The third kappa shape index (κ3) is 1.45. The molecule has 2 aliphatic rings. The summed E-state index contributed by atoms with van der Waals surface area (Å²) in [5, 5.41) is 29.9. The maximum atomic E-state index is 13.4. The average Bonchev–Trinajstić information content (AvgIpc) is 2.97. The van der Waals surface area contributed by atoms with Crippen molar-refractivity contribution >= 4 is 17.0 Å².